The summed E-state index contributed by atoms with van der Waals surface area (Å²) in [5.74, 6) is -0.176. The second-order valence-corrected chi connectivity index (χ2v) is 18.9. The number of hydrogen-bond donors (Lipinski definition) is 3. The number of aliphatic hydroxyl groups excluding tert-OH is 1. The molecule has 0 aromatic carbocycles. The van der Waals surface area contributed by atoms with Gasteiger partial charge in [0.25, 0.3) is 0 Å². The number of carbonyl (C=O) groups excluding carboxylic acids is 1. The monoisotopic (exact) mass is 802 g/mol. The first kappa shape index (κ1) is 54.2. The minimum absolute atomic E-state index is 0.0641. The summed E-state index contributed by atoms with van der Waals surface area (Å²) in [6, 6.07) is -0.838. The predicted molar refractivity (Wildman–Crippen MR) is 235 cm³/mol. The van der Waals surface area contributed by atoms with Crippen LogP contribution in [0.2, 0.25) is 0 Å². The van der Waals surface area contributed by atoms with Crippen LogP contribution in [0.3, 0.4) is 0 Å². The average molecular weight is 802 g/mol. The maximum atomic E-state index is 12.8. The van der Waals surface area contributed by atoms with Crippen LogP contribution in [0.4, 0.5) is 0 Å². The molecule has 3 N–H and O–H groups in total. The fourth-order valence-electron chi connectivity index (χ4n) is 6.98. The van der Waals surface area contributed by atoms with Crippen LogP contribution >= 0.6 is 7.82 Å². The summed E-state index contributed by atoms with van der Waals surface area (Å²) in [5, 5.41) is 13.7. The van der Waals surface area contributed by atoms with E-state index in [-0.39, 0.29) is 19.1 Å². The molecule has 0 aliphatic rings. The third-order valence-corrected chi connectivity index (χ3v) is 11.7. The summed E-state index contributed by atoms with van der Waals surface area (Å²) in [5.41, 5.74) is 0. The highest BCUT2D eigenvalue weighted by molar-refractivity contribution is 7.47. The van der Waals surface area contributed by atoms with E-state index < -0.39 is 20.0 Å². The Kier molecular flexibility index (Phi) is 38.2. The van der Waals surface area contributed by atoms with Crippen LogP contribution in [-0.2, 0) is 18.4 Å². The van der Waals surface area contributed by atoms with E-state index in [1.807, 2.05) is 27.2 Å². The van der Waals surface area contributed by atoms with Gasteiger partial charge in [0.05, 0.1) is 39.9 Å². The molecule has 0 bridgehead atoms. The van der Waals surface area contributed by atoms with E-state index >= 15 is 0 Å². The quantitative estimate of drug-likeness (QED) is 0.0245. The minimum atomic E-state index is -4.32. The molecule has 0 saturated heterocycles. The standard InChI is InChI=1S/C46H93N2O6P/c1-6-8-10-12-14-16-17-18-19-20-21-22-23-24-25-26-27-28-29-30-31-32-34-36-38-40-46(50)47-44(43-54-55(51,52)53-42-41-48(3,4)5)45(49)39-37-35-33-15-13-11-9-7-2/h37,39,44-45,49H,6-36,38,40-43H2,1-5H3,(H-,47,50,51,52)/p+1/b39-37+. The molecule has 0 rings (SSSR count). The van der Waals surface area contributed by atoms with Crippen LogP contribution in [-0.4, -0.2) is 73.4 Å². The van der Waals surface area contributed by atoms with Crippen molar-refractivity contribution in [3.05, 3.63) is 12.2 Å². The molecule has 0 fully saturated rings. The summed E-state index contributed by atoms with van der Waals surface area (Å²) in [4.78, 5) is 23.0. The Bertz CT molecular complexity index is 911. The zero-order valence-electron chi connectivity index (χ0n) is 37.2. The molecule has 0 aliphatic carbocycles. The first-order valence-electron chi connectivity index (χ1n) is 23.6. The van der Waals surface area contributed by atoms with Crippen molar-refractivity contribution in [2.45, 2.75) is 238 Å². The van der Waals surface area contributed by atoms with E-state index in [9.17, 15) is 19.4 Å². The van der Waals surface area contributed by atoms with E-state index in [2.05, 4.69) is 19.2 Å². The lowest BCUT2D eigenvalue weighted by Gasteiger charge is -2.25. The zero-order valence-corrected chi connectivity index (χ0v) is 38.1. The van der Waals surface area contributed by atoms with Gasteiger partial charge < -0.3 is 19.8 Å². The van der Waals surface area contributed by atoms with Gasteiger partial charge in [-0.1, -0.05) is 212 Å². The van der Waals surface area contributed by atoms with Gasteiger partial charge in [-0.15, -0.1) is 0 Å². The number of phosphoric acid groups is 1. The van der Waals surface area contributed by atoms with Crippen molar-refractivity contribution in [1.29, 1.82) is 0 Å². The first-order chi connectivity index (χ1) is 26.5. The molecule has 328 valence electrons. The number of unbranched alkanes of at least 4 members (excludes halogenated alkanes) is 30. The molecule has 3 unspecified atom stereocenters. The van der Waals surface area contributed by atoms with Crippen LogP contribution in [0.15, 0.2) is 12.2 Å². The Morgan fingerprint density at radius 3 is 1.35 bits per heavy atom. The third kappa shape index (κ3) is 41.2. The lowest BCUT2D eigenvalue weighted by Crippen LogP contribution is -2.45. The Balaban J connectivity index is 4.05. The van der Waals surface area contributed by atoms with E-state index in [0.717, 1.165) is 38.5 Å². The number of nitrogens with one attached hydrogen (secondary N) is 1. The van der Waals surface area contributed by atoms with Crippen LogP contribution < -0.4 is 5.32 Å². The number of quaternary nitrogens is 1. The molecule has 9 heteroatoms. The normalized spacial score (nSPS) is 14.4. The molecule has 8 nitrogen and oxygen atoms in total. The number of carbonyl (C=O) groups is 1. The van der Waals surface area contributed by atoms with Gasteiger partial charge in [-0.25, -0.2) is 4.57 Å². The summed E-state index contributed by atoms with van der Waals surface area (Å²) < 4.78 is 23.5. The molecule has 0 radical (unpaired) electrons. The molecular formula is C46H94N2O6P+. The lowest BCUT2D eigenvalue weighted by atomic mass is 10.0. The number of amides is 1. The van der Waals surface area contributed by atoms with Crippen molar-refractivity contribution in [3.63, 3.8) is 0 Å². The summed E-state index contributed by atoms with van der Waals surface area (Å²) in [7, 11) is 1.58. The summed E-state index contributed by atoms with van der Waals surface area (Å²) >= 11 is 0. The highest BCUT2D eigenvalue weighted by Gasteiger charge is 2.27. The van der Waals surface area contributed by atoms with Gasteiger partial charge in [-0.05, 0) is 19.3 Å². The molecule has 0 aromatic heterocycles. The Labute approximate surface area is 342 Å². The van der Waals surface area contributed by atoms with Crippen molar-refractivity contribution in [2.24, 2.45) is 0 Å². The zero-order chi connectivity index (χ0) is 40.7. The molecule has 55 heavy (non-hydrogen) atoms. The molecule has 0 aromatic rings. The second kappa shape index (κ2) is 38.7. The SMILES string of the molecule is CCCCCCCC/C=C/C(O)C(COP(=O)(O)OCC[N+](C)(C)C)NC(=O)CCCCCCCCCCCCCCCCCCCCCCCCCCC. The second-order valence-electron chi connectivity index (χ2n) is 17.5. The Hall–Kier alpha value is -0.760. The van der Waals surface area contributed by atoms with Crippen LogP contribution in [0.25, 0.3) is 0 Å². The van der Waals surface area contributed by atoms with E-state index in [4.69, 9.17) is 9.05 Å². The molecule has 1 amide bonds. The molecule has 0 heterocycles. The van der Waals surface area contributed by atoms with Crippen LogP contribution in [0.5, 0.6) is 0 Å². The predicted octanol–water partition coefficient (Wildman–Crippen LogP) is 13.1. The fourth-order valence-corrected chi connectivity index (χ4v) is 7.72. The van der Waals surface area contributed by atoms with Crippen molar-refractivity contribution in [2.75, 3.05) is 40.9 Å². The lowest BCUT2D eigenvalue weighted by molar-refractivity contribution is -0.870. The van der Waals surface area contributed by atoms with Gasteiger partial charge in [-0.3, -0.25) is 13.8 Å². The van der Waals surface area contributed by atoms with Crippen molar-refractivity contribution in [3.8, 4) is 0 Å². The van der Waals surface area contributed by atoms with Crippen LogP contribution in [0, 0.1) is 0 Å². The van der Waals surface area contributed by atoms with Gasteiger partial charge in [0.15, 0.2) is 0 Å². The van der Waals surface area contributed by atoms with Crippen molar-refractivity contribution in [1.82, 2.24) is 5.32 Å². The van der Waals surface area contributed by atoms with Crippen molar-refractivity contribution < 1.29 is 32.9 Å². The van der Waals surface area contributed by atoms with Gasteiger partial charge >= 0.3 is 7.82 Å². The van der Waals surface area contributed by atoms with Crippen LogP contribution in [0.1, 0.15) is 226 Å². The maximum Gasteiger partial charge on any atom is 0.472 e. The van der Waals surface area contributed by atoms with Crippen molar-refractivity contribution >= 4 is 13.7 Å². The number of allylic oxidation sites excluding steroid dienone is 1. The van der Waals surface area contributed by atoms with Gasteiger partial charge in [0.2, 0.25) is 5.91 Å². The van der Waals surface area contributed by atoms with E-state index in [1.54, 1.807) is 6.08 Å². The fraction of sp³-hybridized carbons (Fsp3) is 0.935. The highest BCUT2D eigenvalue weighted by atomic mass is 31.2. The molecule has 0 spiro atoms. The number of hydrogen-bond acceptors (Lipinski definition) is 5. The van der Waals surface area contributed by atoms with E-state index in [1.165, 1.54) is 167 Å². The molecule has 3 atom stereocenters. The molecule has 0 aliphatic heterocycles. The molecular weight excluding hydrogens is 707 g/mol. The van der Waals surface area contributed by atoms with Gasteiger partial charge in [0, 0.05) is 6.42 Å². The third-order valence-electron chi connectivity index (χ3n) is 10.8. The number of rotatable bonds is 43. The Morgan fingerprint density at radius 2 is 0.964 bits per heavy atom. The average Bonchev–Trinajstić information content (AvgIpc) is 3.13. The topological polar surface area (TPSA) is 105 Å². The Morgan fingerprint density at radius 1 is 0.600 bits per heavy atom. The maximum absolute atomic E-state index is 12.8. The largest absolute Gasteiger partial charge is 0.472 e. The number of nitrogens with zero attached hydrogens (tertiary/aromatic N) is 1. The summed E-state index contributed by atoms with van der Waals surface area (Å²) in [6.45, 7) is 4.79. The first-order valence-corrected chi connectivity index (χ1v) is 25.1. The minimum Gasteiger partial charge on any atom is -0.387 e. The van der Waals surface area contributed by atoms with Gasteiger partial charge in [0.1, 0.15) is 13.2 Å². The molecule has 0 saturated carbocycles. The number of phosphoric ester groups is 1. The highest BCUT2D eigenvalue weighted by Crippen LogP contribution is 2.43. The smallest absolute Gasteiger partial charge is 0.387 e. The van der Waals surface area contributed by atoms with Gasteiger partial charge in [-0.2, -0.15) is 0 Å². The number of aliphatic hydroxyl groups is 1. The summed E-state index contributed by atoms with van der Waals surface area (Å²) in [6.07, 6.45) is 44.5. The number of likely N-dealkylation sites (N-methyl/N-ethyl adjacent to an activating group) is 1. The van der Waals surface area contributed by atoms with E-state index in [0.29, 0.717) is 17.4 Å².